The van der Waals surface area contributed by atoms with Crippen molar-refractivity contribution >= 4 is 22.6 Å². The maximum Gasteiger partial charge on any atom is 0.164 e. The summed E-state index contributed by atoms with van der Waals surface area (Å²) in [6, 6.07) is 28.2. The Balaban J connectivity index is 1.93. The zero-order valence-corrected chi connectivity index (χ0v) is 19.1. The third kappa shape index (κ3) is 3.57. The number of benzene rings is 3. The van der Waals surface area contributed by atoms with E-state index in [4.69, 9.17) is 21.7 Å². The van der Waals surface area contributed by atoms with Gasteiger partial charge in [-0.1, -0.05) is 79.2 Å². The largest absolute Gasteiger partial charge is 0.226 e. The summed E-state index contributed by atoms with van der Waals surface area (Å²) in [6.45, 7) is 4.07. The molecule has 2 heterocycles. The van der Waals surface area contributed by atoms with Gasteiger partial charge in [-0.25, -0.2) is 9.67 Å². The summed E-state index contributed by atoms with van der Waals surface area (Å²) >= 11 is 6.65. The molecule has 0 fully saturated rings. The summed E-state index contributed by atoms with van der Waals surface area (Å²) in [7, 11) is 0. The van der Waals surface area contributed by atoms with Gasteiger partial charge in [0.1, 0.15) is 6.07 Å². The summed E-state index contributed by atoms with van der Waals surface area (Å²) < 4.78 is 1.84. The summed E-state index contributed by atoms with van der Waals surface area (Å²) in [5.41, 5.74) is 7.20. The Morgan fingerprint density at radius 2 is 1.64 bits per heavy atom. The highest BCUT2D eigenvalue weighted by atomic mass is 35.5. The van der Waals surface area contributed by atoms with Crippen molar-refractivity contribution in [1.82, 2.24) is 14.8 Å². The number of rotatable bonds is 4. The number of halogens is 1. The van der Waals surface area contributed by atoms with Crippen LogP contribution in [0.15, 0.2) is 78.9 Å². The Labute approximate surface area is 197 Å². The zero-order chi connectivity index (χ0) is 22.9. The number of nitriles is 1. The molecule has 0 aliphatic carbocycles. The molecule has 0 bridgehead atoms. The van der Waals surface area contributed by atoms with Crippen LogP contribution in [0.5, 0.6) is 0 Å². The number of nitrogens with zero attached hydrogens (tertiary/aromatic N) is 4. The molecule has 160 valence electrons. The first-order valence-electron chi connectivity index (χ1n) is 10.9. The van der Waals surface area contributed by atoms with E-state index in [1.54, 1.807) is 0 Å². The first-order valence-corrected chi connectivity index (χ1v) is 11.2. The smallest absolute Gasteiger partial charge is 0.164 e. The van der Waals surface area contributed by atoms with Crippen LogP contribution >= 0.6 is 11.6 Å². The predicted octanol–water partition coefficient (Wildman–Crippen LogP) is 7.15. The Bertz CT molecular complexity index is 1510. The molecule has 5 heteroatoms. The first kappa shape index (κ1) is 20.9. The van der Waals surface area contributed by atoms with Gasteiger partial charge >= 0.3 is 0 Å². The Morgan fingerprint density at radius 3 is 2.30 bits per heavy atom. The lowest BCUT2D eigenvalue weighted by molar-refractivity contribution is 0.878. The van der Waals surface area contributed by atoms with Crippen LogP contribution in [0, 0.1) is 18.3 Å². The molecule has 4 nitrogen and oxygen atoms in total. The maximum atomic E-state index is 10.3. The van der Waals surface area contributed by atoms with Crippen molar-refractivity contribution < 1.29 is 0 Å². The van der Waals surface area contributed by atoms with E-state index in [0.717, 1.165) is 39.9 Å². The quantitative estimate of drug-likeness (QED) is 0.293. The van der Waals surface area contributed by atoms with Crippen LogP contribution < -0.4 is 0 Å². The van der Waals surface area contributed by atoms with Gasteiger partial charge < -0.3 is 0 Å². The van der Waals surface area contributed by atoms with Crippen molar-refractivity contribution in [1.29, 1.82) is 5.26 Å². The van der Waals surface area contributed by atoms with Gasteiger partial charge in [0.05, 0.1) is 28.0 Å². The van der Waals surface area contributed by atoms with Crippen molar-refractivity contribution in [3.8, 4) is 34.1 Å². The van der Waals surface area contributed by atoms with E-state index in [9.17, 15) is 5.26 Å². The normalized spacial score (nSPS) is 11.0. The minimum absolute atomic E-state index is 0.496. The Kier molecular flexibility index (Phi) is 5.42. The van der Waals surface area contributed by atoms with E-state index in [1.165, 1.54) is 5.56 Å². The van der Waals surface area contributed by atoms with Crippen molar-refractivity contribution in [3.63, 3.8) is 0 Å². The second-order valence-electron chi connectivity index (χ2n) is 7.88. The fourth-order valence-corrected chi connectivity index (χ4v) is 4.45. The van der Waals surface area contributed by atoms with Crippen LogP contribution in [-0.4, -0.2) is 14.8 Å². The second kappa shape index (κ2) is 8.54. The van der Waals surface area contributed by atoms with Gasteiger partial charge in [0.25, 0.3) is 0 Å². The first-order chi connectivity index (χ1) is 16.1. The van der Waals surface area contributed by atoms with Gasteiger partial charge in [-0.05, 0) is 37.1 Å². The van der Waals surface area contributed by atoms with E-state index in [2.05, 4.69) is 25.1 Å². The van der Waals surface area contributed by atoms with Crippen molar-refractivity contribution in [2.75, 3.05) is 0 Å². The number of fused-ring (bicyclic) bond motifs is 1. The fourth-order valence-electron chi connectivity index (χ4n) is 4.21. The summed E-state index contributed by atoms with van der Waals surface area (Å²) in [5, 5.41) is 16.6. The van der Waals surface area contributed by atoms with Gasteiger partial charge in [-0.15, -0.1) is 0 Å². The van der Waals surface area contributed by atoms with Gasteiger partial charge in [0.15, 0.2) is 5.65 Å². The molecule has 3 aromatic carbocycles. The third-order valence-corrected chi connectivity index (χ3v) is 6.21. The number of hydrogen-bond acceptors (Lipinski definition) is 3. The van der Waals surface area contributed by atoms with Crippen LogP contribution in [0.25, 0.3) is 39.1 Å². The molecule has 5 rings (SSSR count). The van der Waals surface area contributed by atoms with Crippen LogP contribution in [0.1, 0.15) is 23.7 Å². The lowest BCUT2D eigenvalue weighted by Gasteiger charge is -2.14. The Hall–Kier alpha value is -3.94. The summed E-state index contributed by atoms with van der Waals surface area (Å²) in [4.78, 5) is 5.02. The lowest BCUT2D eigenvalue weighted by Crippen LogP contribution is -2.01. The molecule has 0 saturated heterocycles. The molecular weight excluding hydrogens is 428 g/mol. The van der Waals surface area contributed by atoms with Crippen LogP contribution in [-0.2, 0) is 6.42 Å². The number of para-hydroxylation sites is 1. The molecule has 33 heavy (non-hydrogen) atoms. The van der Waals surface area contributed by atoms with Gasteiger partial charge in [0.2, 0.25) is 0 Å². The minimum Gasteiger partial charge on any atom is -0.226 e. The molecule has 2 aromatic heterocycles. The molecule has 0 spiro atoms. The SMILES string of the molecule is CCc1ccc(-c2nc3c(c(C)nn3-c3ccccc3)c(-c3ccccc3Cl)c2C#N)cc1. The predicted molar refractivity (Wildman–Crippen MR) is 134 cm³/mol. The average molecular weight is 449 g/mol. The molecule has 5 aromatic rings. The van der Waals surface area contributed by atoms with Crippen molar-refractivity contribution in [2.24, 2.45) is 0 Å². The number of pyridine rings is 1. The highest BCUT2D eigenvalue weighted by molar-refractivity contribution is 6.34. The minimum atomic E-state index is 0.496. The average Bonchev–Trinajstić information content (AvgIpc) is 3.20. The molecule has 0 saturated carbocycles. The van der Waals surface area contributed by atoms with Gasteiger partial charge in [0, 0.05) is 21.7 Å². The van der Waals surface area contributed by atoms with Gasteiger partial charge in [-0.3, -0.25) is 0 Å². The van der Waals surface area contributed by atoms with Crippen LogP contribution in [0.4, 0.5) is 0 Å². The zero-order valence-electron chi connectivity index (χ0n) is 18.4. The number of hydrogen-bond donors (Lipinski definition) is 0. The lowest BCUT2D eigenvalue weighted by atomic mass is 9.93. The highest BCUT2D eigenvalue weighted by Gasteiger charge is 2.24. The molecule has 0 aliphatic rings. The summed E-state index contributed by atoms with van der Waals surface area (Å²) in [6.07, 6.45) is 0.947. The van der Waals surface area contributed by atoms with E-state index < -0.39 is 0 Å². The molecule has 0 amide bonds. The monoisotopic (exact) mass is 448 g/mol. The Morgan fingerprint density at radius 1 is 0.939 bits per heavy atom. The van der Waals surface area contributed by atoms with E-state index in [0.29, 0.717) is 21.9 Å². The van der Waals surface area contributed by atoms with E-state index in [1.807, 2.05) is 78.3 Å². The van der Waals surface area contributed by atoms with Gasteiger partial charge in [-0.2, -0.15) is 10.4 Å². The molecule has 0 radical (unpaired) electrons. The van der Waals surface area contributed by atoms with Crippen LogP contribution in [0.2, 0.25) is 5.02 Å². The summed E-state index contributed by atoms with van der Waals surface area (Å²) in [5.74, 6) is 0. The maximum absolute atomic E-state index is 10.3. The standard InChI is InChI=1S/C28H21ClN4/c1-3-19-13-15-20(16-14-19)27-23(17-30)26(22-11-7-8-12-24(22)29)25-18(2)32-33(28(25)31-27)21-9-5-4-6-10-21/h4-16H,3H2,1-2H3. The second-order valence-corrected chi connectivity index (χ2v) is 8.29. The van der Waals surface area contributed by atoms with Crippen molar-refractivity contribution in [2.45, 2.75) is 20.3 Å². The number of aromatic nitrogens is 3. The fraction of sp³-hybridized carbons (Fsp3) is 0.107. The molecule has 0 unspecified atom stereocenters. The molecule has 0 N–H and O–H groups in total. The topological polar surface area (TPSA) is 54.5 Å². The van der Waals surface area contributed by atoms with E-state index >= 15 is 0 Å². The van der Waals surface area contributed by atoms with Crippen LogP contribution in [0.3, 0.4) is 0 Å². The molecule has 0 aliphatic heterocycles. The highest BCUT2D eigenvalue weighted by Crippen LogP contribution is 2.41. The third-order valence-electron chi connectivity index (χ3n) is 5.88. The number of aryl methyl sites for hydroxylation is 2. The van der Waals surface area contributed by atoms with Crippen molar-refractivity contribution in [3.05, 3.63) is 101 Å². The van der Waals surface area contributed by atoms with E-state index in [-0.39, 0.29) is 0 Å². The molecular formula is C28H21ClN4. The molecule has 0 atom stereocenters.